The van der Waals surface area contributed by atoms with E-state index in [1.807, 2.05) is 12.2 Å². The predicted molar refractivity (Wildman–Crippen MR) is 32.9 cm³/mol. The third kappa shape index (κ3) is 4.22. The van der Waals surface area contributed by atoms with Gasteiger partial charge in [-0.25, -0.2) is 0 Å². The zero-order valence-corrected chi connectivity index (χ0v) is 5.24. The van der Waals surface area contributed by atoms with Gasteiger partial charge in [0.05, 0.1) is 0 Å². The molecule has 0 aliphatic heterocycles. The molecule has 0 aromatic rings. The molecule has 0 N–H and O–H groups in total. The van der Waals surface area contributed by atoms with Crippen LogP contribution < -0.4 is 0 Å². The molecule has 0 aromatic carbocycles. The van der Waals surface area contributed by atoms with E-state index >= 15 is 0 Å². The Balaban J connectivity index is 2.73. The first-order valence-electron chi connectivity index (χ1n) is 1.92. The highest BCUT2D eigenvalue weighted by atomic mass is 79.9. The molecule has 35 valence electrons. The Morgan fingerprint density at radius 2 is 2.17 bits per heavy atom. The van der Waals surface area contributed by atoms with Crippen LogP contribution in [0.3, 0.4) is 0 Å². The van der Waals surface area contributed by atoms with Crippen molar-refractivity contribution in [3.63, 3.8) is 0 Å². The lowest BCUT2D eigenvalue weighted by molar-refractivity contribution is 1.39. The van der Waals surface area contributed by atoms with E-state index in [0.29, 0.717) is 0 Å². The highest BCUT2D eigenvalue weighted by Gasteiger charge is 1.61. The third-order valence-corrected chi connectivity index (χ3v) is 0.796. The van der Waals surface area contributed by atoms with Gasteiger partial charge in [0.15, 0.2) is 0 Å². The zero-order chi connectivity index (χ0) is 4.83. The van der Waals surface area contributed by atoms with Crippen molar-refractivity contribution in [2.24, 2.45) is 0 Å². The smallest absolute Gasteiger partial charge is 0.0212 e. The largest absolute Gasteiger partial charge is 0.0883 e. The molecule has 0 atom stereocenters. The second-order valence-corrected chi connectivity index (χ2v) is 1.56. The number of halogens is 1. The van der Waals surface area contributed by atoms with Crippen molar-refractivity contribution in [3.05, 3.63) is 19.1 Å². The minimum absolute atomic E-state index is 0.894. The van der Waals surface area contributed by atoms with Crippen molar-refractivity contribution in [2.75, 3.05) is 5.33 Å². The molecular formula is C5H8Br. The van der Waals surface area contributed by atoms with Crippen molar-refractivity contribution in [1.82, 2.24) is 0 Å². The fourth-order valence-corrected chi connectivity index (χ4v) is 0.445. The Kier molecular flexibility index (Phi) is 5.41. The summed E-state index contributed by atoms with van der Waals surface area (Å²) in [4.78, 5) is 0. The summed E-state index contributed by atoms with van der Waals surface area (Å²) >= 11 is 3.24. The number of allylic oxidation sites excluding steroid dienone is 2. The van der Waals surface area contributed by atoms with Crippen molar-refractivity contribution >= 4 is 15.9 Å². The van der Waals surface area contributed by atoms with Crippen molar-refractivity contribution in [1.29, 1.82) is 0 Å². The van der Waals surface area contributed by atoms with Crippen LogP contribution in [-0.2, 0) is 0 Å². The van der Waals surface area contributed by atoms with Gasteiger partial charge in [-0.15, -0.1) is 0 Å². The molecule has 0 fully saturated rings. The lowest BCUT2D eigenvalue weighted by atomic mass is 10.4. The fourth-order valence-electron chi connectivity index (χ4n) is 0.181. The van der Waals surface area contributed by atoms with E-state index in [1.165, 1.54) is 0 Å². The van der Waals surface area contributed by atoms with E-state index in [0.717, 1.165) is 11.8 Å². The van der Waals surface area contributed by atoms with Crippen molar-refractivity contribution < 1.29 is 0 Å². The van der Waals surface area contributed by atoms with E-state index in [4.69, 9.17) is 0 Å². The molecule has 0 unspecified atom stereocenters. The fraction of sp³-hybridized carbons (Fsp3) is 0.400. The average Bonchev–Trinajstić information content (AvgIpc) is 1.61. The molecule has 0 rings (SSSR count). The topological polar surface area (TPSA) is 0 Å². The monoisotopic (exact) mass is 147 g/mol. The van der Waals surface area contributed by atoms with Crippen molar-refractivity contribution in [2.45, 2.75) is 6.42 Å². The minimum atomic E-state index is 0.894. The molecule has 0 nitrogen and oxygen atoms in total. The molecular weight excluding hydrogens is 140 g/mol. The molecule has 0 amide bonds. The predicted octanol–water partition coefficient (Wildman–Crippen LogP) is 2.16. The average molecular weight is 148 g/mol. The lowest BCUT2D eigenvalue weighted by Gasteiger charge is -1.71. The molecule has 6 heavy (non-hydrogen) atoms. The molecule has 0 aliphatic rings. The highest BCUT2D eigenvalue weighted by molar-refractivity contribution is 9.09. The maximum Gasteiger partial charge on any atom is 0.0212 e. The zero-order valence-electron chi connectivity index (χ0n) is 3.65. The van der Waals surface area contributed by atoms with Gasteiger partial charge in [-0.3, -0.25) is 0 Å². The lowest BCUT2D eigenvalue weighted by Crippen LogP contribution is -1.55. The number of alkyl halides is 1. The van der Waals surface area contributed by atoms with Crippen LogP contribution in [0.25, 0.3) is 0 Å². The van der Waals surface area contributed by atoms with E-state index in [-0.39, 0.29) is 0 Å². The Labute approximate surface area is 47.4 Å². The summed E-state index contributed by atoms with van der Waals surface area (Å²) in [5.74, 6) is 0. The quantitative estimate of drug-likeness (QED) is 0.415. The maximum absolute atomic E-state index is 3.62. The van der Waals surface area contributed by atoms with Crippen LogP contribution in [0.1, 0.15) is 6.42 Å². The van der Waals surface area contributed by atoms with Gasteiger partial charge in [0.1, 0.15) is 0 Å². The van der Waals surface area contributed by atoms with Crippen LogP contribution in [0.4, 0.5) is 0 Å². The maximum atomic E-state index is 3.62. The van der Waals surface area contributed by atoms with E-state index in [2.05, 4.69) is 22.9 Å². The summed E-state index contributed by atoms with van der Waals surface area (Å²) in [6.07, 6.45) is 4.95. The van der Waals surface area contributed by atoms with E-state index in [9.17, 15) is 0 Å². The van der Waals surface area contributed by atoms with Gasteiger partial charge in [0.25, 0.3) is 0 Å². The molecule has 0 bridgehead atoms. The first-order chi connectivity index (χ1) is 2.91. The summed E-state index contributed by atoms with van der Waals surface area (Å²) in [5, 5.41) is 0.947. The summed E-state index contributed by atoms with van der Waals surface area (Å²) in [6, 6.07) is 0. The second-order valence-electron chi connectivity index (χ2n) is 0.914. The summed E-state index contributed by atoms with van der Waals surface area (Å²) in [6.45, 7) is 3.62. The molecule has 1 heteroatoms. The van der Waals surface area contributed by atoms with Gasteiger partial charge >= 0.3 is 0 Å². The normalized spacial score (nSPS) is 10.3. The van der Waals surface area contributed by atoms with Crippen LogP contribution in [0.2, 0.25) is 0 Å². The Hall–Kier alpha value is 0.220. The molecule has 0 saturated carbocycles. The van der Waals surface area contributed by atoms with E-state index < -0.39 is 0 Å². The Morgan fingerprint density at radius 1 is 1.50 bits per heavy atom. The number of hydrogen-bond donors (Lipinski definition) is 0. The number of hydrogen-bond acceptors (Lipinski definition) is 0. The molecule has 0 aliphatic carbocycles. The van der Waals surface area contributed by atoms with Crippen LogP contribution in [0, 0.1) is 6.92 Å². The third-order valence-electron chi connectivity index (χ3n) is 0.422. The Bertz CT molecular complexity index is 33.2. The van der Waals surface area contributed by atoms with Gasteiger partial charge in [0.2, 0.25) is 0 Å². The van der Waals surface area contributed by atoms with Crippen LogP contribution in [0.15, 0.2) is 12.2 Å². The highest BCUT2D eigenvalue weighted by Crippen LogP contribution is 1.82. The van der Waals surface area contributed by atoms with Gasteiger partial charge in [-0.05, 0) is 13.3 Å². The first-order valence-corrected chi connectivity index (χ1v) is 3.04. The Morgan fingerprint density at radius 3 is 2.33 bits per heavy atom. The van der Waals surface area contributed by atoms with Gasteiger partial charge < -0.3 is 0 Å². The summed E-state index contributed by atoms with van der Waals surface area (Å²) < 4.78 is 0. The van der Waals surface area contributed by atoms with Crippen LogP contribution in [0.5, 0.6) is 0 Å². The molecule has 1 radical (unpaired) electrons. The molecule has 0 saturated heterocycles. The second kappa shape index (κ2) is 5.22. The van der Waals surface area contributed by atoms with Crippen molar-refractivity contribution in [3.8, 4) is 0 Å². The van der Waals surface area contributed by atoms with Crippen LogP contribution in [-0.4, -0.2) is 5.33 Å². The first kappa shape index (κ1) is 6.22. The van der Waals surface area contributed by atoms with E-state index in [1.54, 1.807) is 0 Å². The molecule has 0 heterocycles. The summed E-state index contributed by atoms with van der Waals surface area (Å²) in [7, 11) is 0. The minimum Gasteiger partial charge on any atom is -0.0883 e. The summed E-state index contributed by atoms with van der Waals surface area (Å²) in [5.41, 5.74) is 0. The van der Waals surface area contributed by atoms with Gasteiger partial charge in [0, 0.05) is 5.33 Å². The van der Waals surface area contributed by atoms with Gasteiger partial charge in [-0.1, -0.05) is 28.1 Å². The molecule has 0 aromatic heterocycles. The SMILES string of the molecule is [CH2]CC=CCBr. The van der Waals surface area contributed by atoms with Gasteiger partial charge in [-0.2, -0.15) is 0 Å². The molecule has 0 spiro atoms. The standard InChI is InChI=1S/C5H8Br/c1-2-3-4-5-6/h3-4H,1-2,5H2. The van der Waals surface area contributed by atoms with Crippen LogP contribution >= 0.6 is 15.9 Å². The number of rotatable bonds is 2.